The fourth-order valence-corrected chi connectivity index (χ4v) is 2.85. The SMILES string of the molecule is Cc1csc(CC(=O)c2ccc3c(c2)CCO3)n1. The van der Waals surface area contributed by atoms with Crippen molar-refractivity contribution in [2.24, 2.45) is 0 Å². The van der Waals surface area contributed by atoms with Gasteiger partial charge in [0.2, 0.25) is 0 Å². The summed E-state index contributed by atoms with van der Waals surface area (Å²) in [5.41, 5.74) is 2.87. The highest BCUT2D eigenvalue weighted by Gasteiger charge is 2.16. The second-order valence-electron chi connectivity index (χ2n) is 4.40. The predicted octanol–water partition coefficient (Wildman–Crippen LogP) is 2.81. The van der Waals surface area contributed by atoms with Gasteiger partial charge in [-0.2, -0.15) is 0 Å². The highest BCUT2D eigenvalue weighted by molar-refractivity contribution is 7.09. The van der Waals surface area contributed by atoms with Crippen LogP contribution in [0.5, 0.6) is 5.75 Å². The largest absolute Gasteiger partial charge is 0.493 e. The number of carbonyl (C=O) groups is 1. The summed E-state index contributed by atoms with van der Waals surface area (Å²) in [5.74, 6) is 1.04. The first kappa shape index (κ1) is 11.4. The van der Waals surface area contributed by atoms with Gasteiger partial charge in [-0.1, -0.05) is 0 Å². The van der Waals surface area contributed by atoms with E-state index in [4.69, 9.17) is 4.74 Å². The zero-order valence-electron chi connectivity index (χ0n) is 10.1. The first-order valence-corrected chi connectivity index (χ1v) is 6.80. The van der Waals surface area contributed by atoms with Crippen molar-refractivity contribution >= 4 is 17.1 Å². The van der Waals surface area contributed by atoms with Crippen LogP contribution in [-0.4, -0.2) is 17.4 Å². The van der Waals surface area contributed by atoms with Crippen LogP contribution in [-0.2, 0) is 12.8 Å². The average molecular weight is 259 g/mol. The summed E-state index contributed by atoms with van der Waals surface area (Å²) in [7, 11) is 0. The lowest BCUT2D eigenvalue weighted by molar-refractivity contribution is 0.0993. The highest BCUT2D eigenvalue weighted by atomic mass is 32.1. The summed E-state index contributed by atoms with van der Waals surface area (Å²) in [6.45, 7) is 2.66. The van der Waals surface area contributed by atoms with E-state index in [9.17, 15) is 4.79 Å². The van der Waals surface area contributed by atoms with Crippen LogP contribution in [0.3, 0.4) is 0 Å². The minimum absolute atomic E-state index is 0.124. The number of ketones is 1. The quantitative estimate of drug-likeness (QED) is 0.796. The van der Waals surface area contributed by atoms with E-state index in [0.29, 0.717) is 6.42 Å². The van der Waals surface area contributed by atoms with Crippen molar-refractivity contribution in [1.82, 2.24) is 4.98 Å². The predicted molar refractivity (Wildman–Crippen MR) is 70.5 cm³/mol. The number of carbonyl (C=O) groups excluding carboxylic acids is 1. The maximum Gasteiger partial charge on any atom is 0.169 e. The summed E-state index contributed by atoms with van der Waals surface area (Å²) >= 11 is 1.54. The smallest absolute Gasteiger partial charge is 0.169 e. The normalized spacial score (nSPS) is 13.2. The molecular formula is C14H13NO2S. The van der Waals surface area contributed by atoms with Crippen LogP contribution in [0.25, 0.3) is 0 Å². The Kier molecular flexibility index (Phi) is 2.88. The molecule has 18 heavy (non-hydrogen) atoms. The van der Waals surface area contributed by atoms with E-state index in [0.717, 1.165) is 40.6 Å². The van der Waals surface area contributed by atoms with Gasteiger partial charge >= 0.3 is 0 Å². The van der Waals surface area contributed by atoms with Gasteiger partial charge in [0.05, 0.1) is 13.0 Å². The van der Waals surface area contributed by atoms with Crippen LogP contribution in [0.2, 0.25) is 0 Å². The van der Waals surface area contributed by atoms with Crippen molar-refractivity contribution in [3.05, 3.63) is 45.4 Å². The maximum atomic E-state index is 12.1. The average Bonchev–Trinajstić information content (AvgIpc) is 2.96. The first-order valence-electron chi connectivity index (χ1n) is 5.92. The Bertz CT molecular complexity index is 604. The van der Waals surface area contributed by atoms with E-state index in [1.807, 2.05) is 30.5 Å². The number of aryl methyl sites for hydroxylation is 1. The summed E-state index contributed by atoms with van der Waals surface area (Å²) in [6.07, 6.45) is 1.28. The number of aromatic nitrogens is 1. The van der Waals surface area contributed by atoms with Crippen LogP contribution >= 0.6 is 11.3 Å². The molecule has 1 aromatic heterocycles. The lowest BCUT2D eigenvalue weighted by Crippen LogP contribution is -2.03. The van der Waals surface area contributed by atoms with Crippen LogP contribution in [0.1, 0.15) is 26.6 Å². The van der Waals surface area contributed by atoms with Crippen LogP contribution in [0, 0.1) is 6.92 Å². The van der Waals surface area contributed by atoms with E-state index in [-0.39, 0.29) is 5.78 Å². The lowest BCUT2D eigenvalue weighted by Gasteiger charge is -2.02. The van der Waals surface area contributed by atoms with Gasteiger partial charge in [-0.15, -0.1) is 11.3 Å². The molecule has 0 radical (unpaired) electrons. The van der Waals surface area contributed by atoms with Gasteiger partial charge in [-0.25, -0.2) is 4.98 Å². The number of fused-ring (bicyclic) bond motifs is 1. The van der Waals surface area contributed by atoms with E-state index >= 15 is 0 Å². The van der Waals surface area contributed by atoms with Gasteiger partial charge in [-0.05, 0) is 30.7 Å². The number of rotatable bonds is 3. The Morgan fingerprint density at radius 2 is 2.39 bits per heavy atom. The minimum atomic E-state index is 0.124. The van der Waals surface area contributed by atoms with E-state index in [1.54, 1.807) is 11.3 Å². The van der Waals surface area contributed by atoms with Gasteiger partial charge in [0.1, 0.15) is 10.8 Å². The fraction of sp³-hybridized carbons (Fsp3) is 0.286. The molecule has 2 aromatic rings. The summed E-state index contributed by atoms with van der Waals surface area (Å²) in [6, 6.07) is 5.68. The van der Waals surface area contributed by atoms with Gasteiger partial charge in [0.25, 0.3) is 0 Å². The second kappa shape index (κ2) is 4.53. The Labute approximate surface area is 109 Å². The lowest BCUT2D eigenvalue weighted by atomic mass is 10.0. The number of hydrogen-bond acceptors (Lipinski definition) is 4. The van der Waals surface area contributed by atoms with Gasteiger partial charge in [0.15, 0.2) is 5.78 Å². The Morgan fingerprint density at radius 1 is 1.50 bits per heavy atom. The van der Waals surface area contributed by atoms with Crippen molar-refractivity contribution in [1.29, 1.82) is 0 Å². The fourth-order valence-electron chi connectivity index (χ4n) is 2.08. The molecule has 0 atom stereocenters. The molecule has 1 aromatic carbocycles. The molecule has 1 aliphatic heterocycles. The Morgan fingerprint density at radius 3 is 3.17 bits per heavy atom. The third kappa shape index (κ3) is 2.16. The molecule has 2 heterocycles. The zero-order chi connectivity index (χ0) is 12.5. The maximum absolute atomic E-state index is 12.1. The second-order valence-corrected chi connectivity index (χ2v) is 5.35. The van der Waals surface area contributed by atoms with Crippen molar-refractivity contribution in [2.45, 2.75) is 19.8 Å². The van der Waals surface area contributed by atoms with Crippen LogP contribution in [0.15, 0.2) is 23.6 Å². The summed E-state index contributed by atoms with van der Waals surface area (Å²) in [5, 5.41) is 2.85. The Balaban J connectivity index is 1.80. The standard InChI is InChI=1S/C14H13NO2S/c1-9-8-18-14(15-9)7-12(16)10-2-3-13-11(6-10)4-5-17-13/h2-3,6,8H,4-5,7H2,1H3. The topological polar surface area (TPSA) is 39.2 Å². The molecule has 0 saturated carbocycles. The van der Waals surface area contributed by atoms with Crippen molar-refractivity contribution < 1.29 is 9.53 Å². The molecule has 0 amide bonds. The number of hydrogen-bond donors (Lipinski definition) is 0. The molecule has 3 rings (SSSR count). The number of benzene rings is 1. The van der Waals surface area contributed by atoms with Crippen molar-refractivity contribution in [2.75, 3.05) is 6.61 Å². The van der Waals surface area contributed by atoms with E-state index < -0.39 is 0 Å². The molecule has 0 bridgehead atoms. The molecule has 0 N–H and O–H groups in total. The van der Waals surface area contributed by atoms with Crippen LogP contribution in [0.4, 0.5) is 0 Å². The third-order valence-corrected chi connectivity index (χ3v) is 3.96. The number of ether oxygens (including phenoxy) is 1. The minimum Gasteiger partial charge on any atom is -0.493 e. The zero-order valence-corrected chi connectivity index (χ0v) is 10.9. The van der Waals surface area contributed by atoms with E-state index in [1.165, 1.54) is 0 Å². The molecule has 0 spiro atoms. The Hall–Kier alpha value is -1.68. The molecule has 0 unspecified atom stereocenters. The molecule has 92 valence electrons. The molecule has 0 aliphatic carbocycles. The van der Waals surface area contributed by atoms with Crippen molar-refractivity contribution in [3.63, 3.8) is 0 Å². The van der Waals surface area contributed by atoms with Crippen LogP contribution < -0.4 is 4.74 Å². The summed E-state index contributed by atoms with van der Waals surface area (Å²) in [4.78, 5) is 16.5. The first-order chi connectivity index (χ1) is 8.72. The van der Waals surface area contributed by atoms with E-state index in [2.05, 4.69) is 4.98 Å². The number of nitrogens with zero attached hydrogens (tertiary/aromatic N) is 1. The summed E-state index contributed by atoms with van der Waals surface area (Å²) < 4.78 is 5.43. The van der Waals surface area contributed by atoms with Gasteiger partial charge in [-0.3, -0.25) is 4.79 Å². The van der Waals surface area contributed by atoms with Gasteiger partial charge in [0, 0.05) is 23.1 Å². The number of Topliss-reactive ketones (excluding diaryl/α,β-unsaturated/α-hetero) is 1. The third-order valence-electron chi connectivity index (χ3n) is 2.99. The molecule has 0 fully saturated rings. The van der Waals surface area contributed by atoms with Gasteiger partial charge < -0.3 is 4.74 Å². The number of thiazole rings is 1. The van der Waals surface area contributed by atoms with Crippen molar-refractivity contribution in [3.8, 4) is 5.75 Å². The highest BCUT2D eigenvalue weighted by Crippen LogP contribution is 2.26. The molecule has 3 nitrogen and oxygen atoms in total. The molecule has 1 aliphatic rings. The molecular weight excluding hydrogens is 246 g/mol. The molecule has 0 saturated heterocycles. The molecule has 4 heteroatoms. The monoisotopic (exact) mass is 259 g/mol.